The molecule has 3 nitrogen and oxygen atoms in total. The minimum atomic E-state index is 0.220. The number of aromatic hydroxyl groups is 1. The average molecular weight is 220 g/mol. The number of methoxy groups -OCH3 is 1. The summed E-state index contributed by atoms with van der Waals surface area (Å²) in [5.74, 6) is 0.885. The normalized spacial score (nSPS) is 10.6. The van der Waals surface area contributed by atoms with Crippen molar-refractivity contribution in [3.63, 3.8) is 0 Å². The molecule has 0 aliphatic carbocycles. The van der Waals surface area contributed by atoms with Crippen LogP contribution in [-0.4, -0.2) is 18.5 Å². The zero-order chi connectivity index (χ0) is 11.8. The van der Waals surface area contributed by atoms with E-state index in [4.69, 9.17) is 4.74 Å². The fourth-order valence-corrected chi connectivity index (χ4v) is 1.48. The number of unbranched alkanes of at least 4 members (excludes halogenated alkanes) is 1. The van der Waals surface area contributed by atoms with E-state index >= 15 is 0 Å². The van der Waals surface area contributed by atoms with Crippen molar-refractivity contribution in [1.29, 1.82) is 0 Å². The van der Waals surface area contributed by atoms with E-state index in [1.54, 1.807) is 19.2 Å². The lowest BCUT2D eigenvalue weighted by atomic mass is 10.1. The number of allylic oxidation sites excluding steroid dienone is 2. The quantitative estimate of drug-likeness (QED) is 0.455. The molecule has 0 aromatic heterocycles. The van der Waals surface area contributed by atoms with Crippen LogP contribution in [0.4, 0.5) is 0 Å². The van der Waals surface area contributed by atoms with Gasteiger partial charge in [-0.3, -0.25) is 4.79 Å². The number of benzene rings is 1. The number of carbonyl (C=O) groups excluding carboxylic acids is 1. The number of hydrogen-bond acceptors (Lipinski definition) is 3. The molecule has 0 amide bonds. The molecule has 0 aliphatic heterocycles. The molecule has 0 saturated heterocycles. The van der Waals surface area contributed by atoms with Crippen molar-refractivity contribution in [3.8, 4) is 11.5 Å². The van der Waals surface area contributed by atoms with Gasteiger partial charge in [0.05, 0.1) is 7.11 Å². The first-order valence-corrected chi connectivity index (χ1v) is 5.23. The summed E-state index contributed by atoms with van der Waals surface area (Å²) in [5.41, 5.74) is 1.04. The van der Waals surface area contributed by atoms with Gasteiger partial charge in [-0.1, -0.05) is 6.08 Å². The maximum atomic E-state index is 10.0. The molecule has 1 aromatic rings. The van der Waals surface area contributed by atoms with Gasteiger partial charge in [0.2, 0.25) is 0 Å². The molecule has 0 spiro atoms. The smallest absolute Gasteiger partial charge is 0.142 e. The van der Waals surface area contributed by atoms with E-state index in [-0.39, 0.29) is 5.75 Å². The Kier molecular flexibility index (Phi) is 5.12. The zero-order valence-corrected chi connectivity index (χ0v) is 9.35. The fraction of sp³-hybridized carbons (Fsp3) is 0.308. The second-order valence-electron chi connectivity index (χ2n) is 3.50. The molecule has 0 bridgehead atoms. The molecule has 0 fully saturated rings. The lowest BCUT2D eigenvalue weighted by Gasteiger charge is -2.05. The number of rotatable bonds is 6. The Morgan fingerprint density at radius 3 is 2.88 bits per heavy atom. The Morgan fingerprint density at radius 2 is 2.19 bits per heavy atom. The van der Waals surface area contributed by atoms with Crippen LogP contribution in [0.15, 0.2) is 30.4 Å². The highest BCUT2D eigenvalue weighted by Gasteiger charge is 1.99. The van der Waals surface area contributed by atoms with Gasteiger partial charge in [-0.05, 0) is 43.0 Å². The van der Waals surface area contributed by atoms with Gasteiger partial charge in [0, 0.05) is 6.07 Å². The van der Waals surface area contributed by atoms with E-state index in [1.807, 2.05) is 12.1 Å². The van der Waals surface area contributed by atoms with Gasteiger partial charge in [0.25, 0.3) is 0 Å². The summed E-state index contributed by atoms with van der Waals surface area (Å²) in [6, 6.07) is 5.21. The molecule has 86 valence electrons. The second-order valence-corrected chi connectivity index (χ2v) is 3.50. The first kappa shape index (κ1) is 12.3. The van der Waals surface area contributed by atoms with Gasteiger partial charge in [0.15, 0.2) is 0 Å². The van der Waals surface area contributed by atoms with Crippen LogP contribution in [0.5, 0.6) is 11.5 Å². The summed E-state index contributed by atoms with van der Waals surface area (Å²) in [7, 11) is 1.57. The van der Waals surface area contributed by atoms with Crippen LogP contribution in [0.3, 0.4) is 0 Å². The summed E-state index contributed by atoms with van der Waals surface area (Å²) in [6.07, 6.45) is 6.77. The first-order chi connectivity index (χ1) is 7.76. The van der Waals surface area contributed by atoms with E-state index in [2.05, 4.69) is 0 Å². The van der Waals surface area contributed by atoms with Crippen LogP contribution >= 0.6 is 0 Å². The first-order valence-electron chi connectivity index (χ1n) is 5.23. The van der Waals surface area contributed by atoms with E-state index in [1.165, 1.54) is 6.08 Å². The van der Waals surface area contributed by atoms with Gasteiger partial charge in [-0.2, -0.15) is 0 Å². The van der Waals surface area contributed by atoms with Crippen LogP contribution in [-0.2, 0) is 11.2 Å². The Labute approximate surface area is 95.4 Å². The van der Waals surface area contributed by atoms with Crippen molar-refractivity contribution in [3.05, 3.63) is 35.9 Å². The third-order valence-electron chi connectivity index (χ3n) is 2.24. The minimum Gasteiger partial charge on any atom is -0.508 e. The molecule has 0 unspecified atom stereocenters. The summed E-state index contributed by atoms with van der Waals surface area (Å²) in [4.78, 5) is 10.0. The van der Waals surface area contributed by atoms with E-state index < -0.39 is 0 Å². The zero-order valence-electron chi connectivity index (χ0n) is 9.35. The third-order valence-corrected chi connectivity index (χ3v) is 2.24. The molecule has 16 heavy (non-hydrogen) atoms. The maximum absolute atomic E-state index is 10.0. The molecular formula is C13H16O3. The molecule has 0 atom stereocenters. The van der Waals surface area contributed by atoms with Crippen molar-refractivity contribution in [1.82, 2.24) is 0 Å². The number of carbonyl (C=O) groups is 1. The topological polar surface area (TPSA) is 46.5 Å². The summed E-state index contributed by atoms with van der Waals surface area (Å²) in [6.45, 7) is 0. The number of aryl methyl sites for hydroxylation is 1. The molecule has 1 rings (SSSR count). The minimum absolute atomic E-state index is 0.220. The van der Waals surface area contributed by atoms with Gasteiger partial charge >= 0.3 is 0 Å². The Balaban J connectivity index is 2.50. The molecular weight excluding hydrogens is 204 g/mol. The second kappa shape index (κ2) is 6.67. The molecule has 0 saturated carbocycles. The van der Waals surface area contributed by atoms with Gasteiger partial charge in [-0.25, -0.2) is 0 Å². The number of ether oxygens (including phenoxy) is 1. The van der Waals surface area contributed by atoms with Crippen molar-refractivity contribution in [2.45, 2.75) is 19.3 Å². The molecule has 3 heteroatoms. The lowest BCUT2D eigenvalue weighted by Crippen LogP contribution is -1.88. The van der Waals surface area contributed by atoms with Gasteiger partial charge in [0.1, 0.15) is 17.8 Å². The summed E-state index contributed by atoms with van der Waals surface area (Å²) >= 11 is 0. The summed E-state index contributed by atoms with van der Waals surface area (Å²) < 4.78 is 5.06. The van der Waals surface area contributed by atoms with Gasteiger partial charge < -0.3 is 9.84 Å². The van der Waals surface area contributed by atoms with Crippen LogP contribution in [0.2, 0.25) is 0 Å². The van der Waals surface area contributed by atoms with Crippen LogP contribution < -0.4 is 4.74 Å². The number of hydrogen-bond donors (Lipinski definition) is 1. The standard InChI is InChI=1S/C13H16O3/c1-16-13-9-11(8-12(15)10-13)6-4-2-3-5-7-14/h3,5,7-10,15H,2,4,6H2,1H3/b5-3+. The Bertz CT molecular complexity index is 369. The number of phenols is 1. The highest BCUT2D eigenvalue weighted by molar-refractivity contribution is 5.64. The van der Waals surface area contributed by atoms with Crippen molar-refractivity contribution < 1.29 is 14.6 Å². The molecule has 1 N–H and O–H groups in total. The fourth-order valence-electron chi connectivity index (χ4n) is 1.48. The van der Waals surface area contributed by atoms with Crippen molar-refractivity contribution >= 4 is 6.29 Å². The predicted octanol–water partition coefficient (Wildman–Crippen LogP) is 2.48. The van der Waals surface area contributed by atoms with Crippen LogP contribution in [0.1, 0.15) is 18.4 Å². The van der Waals surface area contributed by atoms with E-state index in [0.29, 0.717) is 5.75 Å². The number of aldehydes is 1. The monoisotopic (exact) mass is 220 g/mol. The van der Waals surface area contributed by atoms with E-state index in [0.717, 1.165) is 31.1 Å². The number of phenolic OH excluding ortho intramolecular Hbond substituents is 1. The SMILES string of the molecule is COc1cc(O)cc(CCC/C=C/C=O)c1. The molecule has 0 aliphatic rings. The van der Waals surface area contributed by atoms with Crippen molar-refractivity contribution in [2.75, 3.05) is 7.11 Å². The van der Waals surface area contributed by atoms with Gasteiger partial charge in [-0.15, -0.1) is 0 Å². The van der Waals surface area contributed by atoms with Crippen LogP contribution in [0, 0.1) is 0 Å². The predicted molar refractivity (Wildman–Crippen MR) is 62.8 cm³/mol. The average Bonchev–Trinajstić information content (AvgIpc) is 2.28. The largest absolute Gasteiger partial charge is 0.508 e. The van der Waals surface area contributed by atoms with Crippen LogP contribution in [0.25, 0.3) is 0 Å². The third kappa shape index (κ3) is 4.17. The van der Waals surface area contributed by atoms with E-state index in [9.17, 15) is 9.90 Å². The molecule has 0 radical (unpaired) electrons. The van der Waals surface area contributed by atoms with Crippen molar-refractivity contribution in [2.24, 2.45) is 0 Å². The summed E-state index contributed by atoms with van der Waals surface area (Å²) in [5, 5.41) is 9.43. The lowest BCUT2D eigenvalue weighted by molar-refractivity contribution is -0.104. The maximum Gasteiger partial charge on any atom is 0.142 e. The molecule has 0 heterocycles. The Morgan fingerprint density at radius 1 is 1.38 bits per heavy atom. The highest BCUT2D eigenvalue weighted by Crippen LogP contribution is 2.22. The Hall–Kier alpha value is -1.77. The molecule has 1 aromatic carbocycles. The highest BCUT2D eigenvalue weighted by atomic mass is 16.5.